The van der Waals surface area contributed by atoms with Crippen molar-refractivity contribution in [2.24, 2.45) is 39.8 Å². The number of hydrogen-bond acceptors (Lipinski definition) is 18. The number of nitrogens with zero attached hydrogens (tertiary/aromatic N) is 3. The zero-order valence-corrected chi connectivity index (χ0v) is 46.4. The highest BCUT2D eigenvalue weighted by atomic mass is 16.4. The number of amides is 11. The monoisotopic (exact) mass is 1170 g/mol. The number of carbonyl (C=O) groups is 13. The molecule has 11 amide bonds. The fourth-order valence-corrected chi connectivity index (χ4v) is 7.95. The second-order valence-corrected chi connectivity index (χ2v) is 20.1. The van der Waals surface area contributed by atoms with Gasteiger partial charge in [-0.2, -0.15) is 0 Å². The molecule has 1 fully saturated rings. The van der Waals surface area contributed by atoms with Crippen LogP contribution in [-0.2, 0) is 68.7 Å². The molecular formula is C48H79N17O17. The zero-order valence-electron chi connectivity index (χ0n) is 46.4. The number of aliphatic carboxylic acids is 2. The van der Waals surface area contributed by atoms with Crippen molar-refractivity contribution in [3.8, 4) is 0 Å². The summed E-state index contributed by atoms with van der Waals surface area (Å²) in [6.07, 6.45) is -0.650. The molecule has 2 heterocycles. The third-order valence-electron chi connectivity index (χ3n) is 12.7. The van der Waals surface area contributed by atoms with E-state index >= 15 is 0 Å². The first-order valence-corrected chi connectivity index (χ1v) is 26.2. The Morgan fingerprint density at radius 2 is 1.30 bits per heavy atom. The first-order chi connectivity index (χ1) is 38.4. The van der Waals surface area contributed by atoms with Crippen molar-refractivity contribution >= 4 is 82.9 Å². The maximum absolute atomic E-state index is 13.7. The molecule has 1 saturated heterocycles. The third kappa shape index (κ3) is 23.3. The molecule has 22 N–H and O–H groups in total. The Labute approximate surface area is 471 Å². The summed E-state index contributed by atoms with van der Waals surface area (Å²) in [5.41, 5.74) is 22.1. The van der Waals surface area contributed by atoms with Crippen LogP contribution in [0.25, 0.3) is 0 Å². The van der Waals surface area contributed by atoms with Gasteiger partial charge in [-0.1, -0.05) is 27.7 Å². The Morgan fingerprint density at radius 1 is 0.707 bits per heavy atom. The predicted octanol–water partition coefficient (Wildman–Crippen LogP) is -8.15. The average molecular weight is 1170 g/mol. The molecule has 0 spiro atoms. The predicted molar refractivity (Wildman–Crippen MR) is 286 cm³/mol. The molecule has 0 aliphatic carbocycles. The van der Waals surface area contributed by atoms with Gasteiger partial charge in [-0.05, 0) is 57.8 Å². The Hall–Kier alpha value is -8.53. The molecule has 34 heteroatoms. The van der Waals surface area contributed by atoms with E-state index in [-0.39, 0.29) is 56.3 Å². The van der Waals surface area contributed by atoms with Gasteiger partial charge in [-0.15, -0.1) is 0 Å². The van der Waals surface area contributed by atoms with Gasteiger partial charge in [0.15, 0.2) is 5.96 Å². The first-order valence-electron chi connectivity index (χ1n) is 26.2. The summed E-state index contributed by atoms with van der Waals surface area (Å²) in [6.45, 7) is 7.13. The van der Waals surface area contributed by atoms with Gasteiger partial charge in [0, 0.05) is 37.8 Å². The van der Waals surface area contributed by atoms with Crippen molar-refractivity contribution < 1.29 is 82.8 Å². The minimum Gasteiger partial charge on any atom is -0.481 e. The molecule has 0 unspecified atom stereocenters. The summed E-state index contributed by atoms with van der Waals surface area (Å²) in [4.78, 5) is 181. The smallest absolute Gasteiger partial charge is 0.326 e. The van der Waals surface area contributed by atoms with Gasteiger partial charge in [0.1, 0.15) is 54.4 Å². The van der Waals surface area contributed by atoms with Crippen LogP contribution >= 0.6 is 0 Å². The number of aliphatic hydroxyl groups excluding tert-OH is 2. The highest BCUT2D eigenvalue weighted by molar-refractivity contribution is 5.99. The van der Waals surface area contributed by atoms with Crippen molar-refractivity contribution in [3.63, 3.8) is 0 Å². The number of hydrogen-bond donors (Lipinski definition) is 18. The summed E-state index contributed by atoms with van der Waals surface area (Å²) < 4.78 is 0. The van der Waals surface area contributed by atoms with Crippen LogP contribution in [0, 0.1) is 11.8 Å². The SMILES string of the molecule is CC(C)[C@H](N)C(=O)N1CCC[C@H]1C(=O)N[C@H](C(=O)N[C@@H](CC(=O)O)C(=O)NCC(=O)N[C@@H](Cc1cnc[nH]1)C(=O)N[C@@H](C)C(=O)N[C@H](C(=O)N[C@@H](CO)C(=O)N[C@@H](CCC(N)=O)C(=O)N[C@@H](CCCN=C(N)N)C(=O)O)[C@@H](C)O)C(C)C. The number of imidazole rings is 1. The minimum atomic E-state index is -1.89. The number of likely N-dealkylation sites (tertiary alicyclic amines) is 1. The van der Waals surface area contributed by atoms with Crippen molar-refractivity contribution in [1.82, 2.24) is 62.7 Å². The van der Waals surface area contributed by atoms with E-state index in [0.717, 1.165) is 13.8 Å². The Balaban J connectivity index is 2.17. The average Bonchev–Trinajstić information content (AvgIpc) is 4.13. The van der Waals surface area contributed by atoms with E-state index in [9.17, 15) is 82.8 Å². The van der Waals surface area contributed by atoms with Gasteiger partial charge in [0.05, 0.1) is 38.0 Å². The standard InChI is InChI=1S/C48H79N17O17/c1-21(2)35(50)46(80)65-14-8-10-31(65)43(77)63-36(22(3)4)44(78)61-29(16-34(70)71)39(73)55-18-33(69)58-28(15-25-17-53-20-56-25)41(75)57-23(5)38(72)64-37(24(6)67)45(79)62-30(19-66)42(76)59-26(11-12-32(49)68)40(74)60-27(47(81)82)9-7-13-54-48(51)52/h17,20-24,26-31,35-37,66-67H,7-16,18-19,50H2,1-6H3,(H2,49,68)(H,53,56)(H,55,73)(H,57,75)(H,58,69)(H,59,76)(H,60,74)(H,61,78)(H,62,79)(H,63,77)(H,64,72)(H,70,71)(H,81,82)(H4,51,52,54)/t23-,24+,26-,27-,28-,29-,30-,31-,35-,36-,37-/m0/s1. The van der Waals surface area contributed by atoms with E-state index in [0.29, 0.717) is 6.42 Å². The summed E-state index contributed by atoms with van der Waals surface area (Å²) >= 11 is 0. The molecule has 1 aliphatic heterocycles. The molecule has 0 radical (unpaired) electrons. The van der Waals surface area contributed by atoms with Crippen molar-refractivity contribution in [1.29, 1.82) is 0 Å². The fraction of sp³-hybridized carbons (Fsp3) is 0.646. The van der Waals surface area contributed by atoms with Crippen LogP contribution in [0.2, 0.25) is 0 Å². The van der Waals surface area contributed by atoms with Crippen LogP contribution in [0.1, 0.15) is 92.2 Å². The number of aliphatic imine (C=N–C) groups is 1. The Bertz CT molecular complexity index is 2450. The second-order valence-electron chi connectivity index (χ2n) is 20.1. The Morgan fingerprint density at radius 3 is 1.85 bits per heavy atom. The van der Waals surface area contributed by atoms with Gasteiger partial charge >= 0.3 is 11.9 Å². The fourth-order valence-electron chi connectivity index (χ4n) is 7.95. The number of H-pyrrole nitrogens is 1. The highest BCUT2D eigenvalue weighted by Crippen LogP contribution is 2.21. The molecule has 34 nitrogen and oxygen atoms in total. The number of nitrogens with one attached hydrogen (secondary N) is 10. The lowest BCUT2D eigenvalue weighted by Crippen LogP contribution is -2.62. The topological polar surface area (TPSA) is 559 Å². The van der Waals surface area contributed by atoms with E-state index in [4.69, 9.17) is 22.9 Å². The number of nitrogens with two attached hydrogens (primary N) is 4. The van der Waals surface area contributed by atoms with Gasteiger partial charge in [0.25, 0.3) is 0 Å². The highest BCUT2D eigenvalue weighted by Gasteiger charge is 2.40. The number of rotatable bonds is 35. The normalized spacial score (nSPS) is 16.6. The quantitative estimate of drug-likeness (QED) is 0.0170. The molecule has 0 aromatic carbocycles. The van der Waals surface area contributed by atoms with Crippen molar-refractivity contribution in [3.05, 3.63) is 18.2 Å². The van der Waals surface area contributed by atoms with E-state index < -0.39 is 182 Å². The minimum absolute atomic E-state index is 0.0175. The molecular weight excluding hydrogens is 1090 g/mol. The molecule has 82 heavy (non-hydrogen) atoms. The molecule has 1 aromatic rings. The number of guanidine groups is 1. The van der Waals surface area contributed by atoms with Crippen LogP contribution in [0.15, 0.2) is 17.5 Å². The lowest BCUT2D eigenvalue weighted by atomic mass is 10.0. The maximum atomic E-state index is 13.7. The molecule has 11 atom stereocenters. The molecule has 1 aromatic heterocycles. The summed E-state index contributed by atoms with van der Waals surface area (Å²) in [5, 5.41) is 60.5. The van der Waals surface area contributed by atoms with Gasteiger partial charge < -0.3 is 101 Å². The number of aromatic amines is 1. The van der Waals surface area contributed by atoms with Crippen LogP contribution < -0.4 is 70.8 Å². The van der Waals surface area contributed by atoms with Crippen LogP contribution in [0.3, 0.4) is 0 Å². The Kier molecular flexibility index (Phi) is 28.8. The lowest BCUT2D eigenvalue weighted by Gasteiger charge is -2.30. The van der Waals surface area contributed by atoms with Crippen molar-refractivity contribution in [2.75, 3.05) is 26.2 Å². The van der Waals surface area contributed by atoms with Crippen LogP contribution in [0.4, 0.5) is 0 Å². The lowest BCUT2D eigenvalue weighted by molar-refractivity contribution is -0.143. The van der Waals surface area contributed by atoms with E-state index in [1.807, 2.05) is 0 Å². The number of primary amides is 1. The van der Waals surface area contributed by atoms with Crippen LogP contribution in [-0.4, -0.2) is 211 Å². The van der Waals surface area contributed by atoms with E-state index in [1.54, 1.807) is 27.7 Å². The summed E-state index contributed by atoms with van der Waals surface area (Å²) in [6, 6.07) is -14.9. The van der Waals surface area contributed by atoms with E-state index in [2.05, 4.69) is 62.8 Å². The van der Waals surface area contributed by atoms with Gasteiger partial charge in [-0.3, -0.25) is 62.5 Å². The maximum Gasteiger partial charge on any atom is 0.326 e. The van der Waals surface area contributed by atoms with Crippen molar-refractivity contribution in [2.45, 2.75) is 159 Å². The largest absolute Gasteiger partial charge is 0.481 e. The number of carboxylic acid groups (broad SMARTS) is 2. The first kappa shape index (κ1) is 69.6. The van der Waals surface area contributed by atoms with Gasteiger partial charge in [0.2, 0.25) is 65.0 Å². The number of carboxylic acids is 2. The number of aromatic nitrogens is 2. The van der Waals surface area contributed by atoms with E-state index in [1.165, 1.54) is 17.4 Å². The number of aliphatic hydroxyl groups is 2. The molecule has 1 aliphatic rings. The molecule has 0 bridgehead atoms. The third-order valence-corrected chi connectivity index (χ3v) is 12.7. The molecule has 2 rings (SSSR count). The summed E-state index contributed by atoms with van der Waals surface area (Å²) in [7, 11) is 0. The molecule has 458 valence electrons. The summed E-state index contributed by atoms with van der Waals surface area (Å²) in [5.74, 6) is -14.9. The zero-order chi connectivity index (χ0) is 62.1. The number of carbonyl (C=O) groups excluding carboxylic acids is 11. The molecule has 0 saturated carbocycles. The van der Waals surface area contributed by atoms with Crippen LogP contribution in [0.5, 0.6) is 0 Å². The van der Waals surface area contributed by atoms with Gasteiger partial charge in [-0.25, -0.2) is 9.78 Å². The second kappa shape index (κ2) is 33.9.